The summed E-state index contributed by atoms with van der Waals surface area (Å²) in [5.74, 6) is 0.560. The Hall–Kier alpha value is -0.0400. The van der Waals surface area contributed by atoms with Crippen LogP contribution in [0.3, 0.4) is 0 Å². The van der Waals surface area contributed by atoms with Crippen molar-refractivity contribution in [3.63, 3.8) is 0 Å². The molecule has 0 aliphatic heterocycles. The lowest BCUT2D eigenvalue weighted by molar-refractivity contribution is 0.609. The molecule has 44 valence electrons. The van der Waals surface area contributed by atoms with Gasteiger partial charge in [0.25, 0.3) is 0 Å². The standard InChI is InChI=1S/C6H14N/c1-4-6(7)5(2)3/h5H,4,7H2,1-3H3/q-1. The van der Waals surface area contributed by atoms with Crippen molar-refractivity contribution in [2.75, 3.05) is 0 Å². The highest BCUT2D eigenvalue weighted by Crippen LogP contribution is 2.08. The van der Waals surface area contributed by atoms with Gasteiger partial charge in [0.05, 0.1) is 0 Å². The highest BCUT2D eigenvalue weighted by Gasteiger charge is 1.86. The zero-order chi connectivity index (χ0) is 5.86. The van der Waals surface area contributed by atoms with Crippen molar-refractivity contribution in [1.82, 2.24) is 0 Å². The first kappa shape index (κ1) is 6.96. The van der Waals surface area contributed by atoms with E-state index in [0.717, 1.165) is 12.5 Å². The van der Waals surface area contributed by atoms with Crippen LogP contribution in [0.2, 0.25) is 0 Å². The van der Waals surface area contributed by atoms with Gasteiger partial charge in [0, 0.05) is 0 Å². The molecule has 0 rings (SSSR count). The summed E-state index contributed by atoms with van der Waals surface area (Å²) in [5, 5.41) is 0. The molecule has 0 aromatic rings. The molecule has 0 unspecified atom stereocenters. The first-order valence-electron chi connectivity index (χ1n) is 2.79. The fraction of sp³-hybridized carbons (Fsp3) is 0.833. The summed E-state index contributed by atoms with van der Waals surface area (Å²) in [7, 11) is 0. The van der Waals surface area contributed by atoms with E-state index in [0.29, 0.717) is 5.92 Å². The predicted molar refractivity (Wildman–Crippen MR) is 32.6 cm³/mol. The van der Waals surface area contributed by atoms with Crippen LogP contribution in [-0.4, -0.2) is 0 Å². The van der Waals surface area contributed by atoms with Gasteiger partial charge in [0.15, 0.2) is 0 Å². The smallest absolute Gasteiger partial charge is 0.0888 e. The summed E-state index contributed by atoms with van der Waals surface area (Å²) < 4.78 is 0. The Morgan fingerprint density at radius 2 is 2.00 bits per heavy atom. The SMILES string of the molecule is CC[C-](N)C(C)C. The van der Waals surface area contributed by atoms with Gasteiger partial charge in [-0.1, -0.05) is 20.8 Å². The number of rotatable bonds is 2. The number of nitrogens with two attached hydrogens (primary N) is 1. The Balaban J connectivity index is 3.14. The monoisotopic (exact) mass is 100 g/mol. The summed E-state index contributed by atoms with van der Waals surface area (Å²) in [6.07, 6.45) is 1.01. The molecule has 1 heteroatoms. The summed E-state index contributed by atoms with van der Waals surface area (Å²) in [6.45, 7) is 6.30. The summed E-state index contributed by atoms with van der Waals surface area (Å²) >= 11 is 0. The van der Waals surface area contributed by atoms with Crippen LogP contribution in [0.5, 0.6) is 0 Å². The molecule has 0 aliphatic carbocycles. The van der Waals surface area contributed by atoms with Crippen molar-refractivity contribution in [2.24, 2.45) is 11.7 Å². The third-order valence-corrected chi connectivity index (χ3v) is 1.15. The van der Waals surface area contributed by atoms with Crippen molar-refractivity contribution in [1.29, 1.82) is 0 Å². The van der Waals surface area contributed by atoms with Gasteiger partial charge in [0.2, 0.25) is 0 Å². The molecule has 0 heterocycles. The van der Waals surface area contributed by atoms with Gasteiger partial charge in [-0.15, -0.1) is 0 Å². The van der Waals surface area contributed by atoms with Crippen LogP contribution < -0.4 is 5.73 Å². The lowest BCUT2D eigenvalue weighted by Gasteiger charge is -2.27. The topological polar surface area (TPSA) is 26.0 Å². The zero-order valence-corrected chi connectivity index (χ0v) is 5.36. The van der Waals surface area contributed by atoms with Crippen LogP contribution in [0.15, 0.2) is 0 Å². The van der Waals surface area contributed by atoms with E-state index in [1.807, 2.05) is 0 Å². The second-order valence-electron chi connectivity index (χ2n) is 2.08. The van der Waals surface area contributed by atoms with E-state index in [1.165, 1.54) is 0 Å². The van der Waals surface area contributed by atoms with E-state index in [2.05, 4.69) is 20.8 Å². The highest BCUT2D eigenvalue weighted by atomic mass is 14.6. The molecule has 2 N–H and O–H groups in total. The molecule has 0 atom stereocenters. The van der Waals surface area contributed by atoms with Gasteiger partial charge in [-0.25, -0.2) is 0 Å². The maximum absolute atomic E-state index is 5.53. The minimum Gasteiger partial charge on any atom is -0.480 e. The van der Waals surface area contributed by atoms with Crippen LogP contribution in [0, 0.1) is 12.0 Å². The maximum atomic E-state index is 5.53. The Kier molecular flexibility index (Phi) is 3.01. The van der Waals surface area contributed by atoms with E-state index >= 15 is 0 Å². The Bertz CT molecular complexity index is 41.4. The lowest BCUT2D eigenvalue weighted by Crippen LogP contribution is -2.14. The molecule has 1 nitrogen and oxygen atoms in total. The first-order valence-corrected chi connectivity index (χ1v) is 2.79. The molecule has 7 heavy (non-hydrogen) atoms. The fourth-order valence-electron chi connectivity index (χ4n) is 0.408. The average molecular weight is 100 g/mol. The molecule has 0 amide bonds. The normalized spacial score (nSPS) is 11.1. The van der Waals surface area contributed by atoms with E-state index in [1.54, 1.807) is 0 Å². The first-order chi connectivity index (χ1) is 3.18. The number of hydrogen-bond acceptors (Lipinski definition) is 1. The molecule has 0 saturated carbocycles. The van der Waals surface area contributed by atoms with Gasteiger partial charge >= 0.3 is 0 Å². The third kappa shape index (κ3) is 2.63. The third-order valence-electron chi connectivity index (χ3n) is 1.15. The second kappa shape index (κ2) is 3.03. The molecule has 0 aromatic heterocycles. The maximum Gasteiger partial charge on any atom is -0.0888 e. The number of hydrogen-bond donors (Lipinski definition) is 1. The van der Waals surface area contributed by atoms with Crippen LogP contribution in [0.25, 0.3) is 0 Å². The highest BCUT2D eigenvalue weighted by molar-refractivity contribution is 4.82. The second-order valence-corrected chi connectivity index (χ2v) is 2.08. The molecular weight excluding hydrogens is 86.1 g/mol. The van der Waals surface area contributed by atoms with Crippen molar-refractivity contribution < 1.29 is 0 Å². The molecule has 0 radical (unpaired) electrons. The average Bonchev–Trinajstić information content (AvgIpc) is 1.65. The van der Waals surface area contributed by atoms with Crippen molar-refractivity contribution in [3.8, 4) is 0 Å². The minimum absolute atomic E-state index is 0.560. The van der Waals surface area contributed by atoms with Crippen LogP contribution in [0.4, 0.5) is 0 Å². The molecule has 0 aromatic carbocycles. The van der Waals surface area contributed by atoms with E-state index in [9.17, 15) is 0 Å². The van der Waals surface area contributed by atoms with Gasteiger partial charge < -0.3 is 5.73 Å². The molecule has 0 spiro atoms. The van der Waals surface area contributed by atoms with Crippen molar-refractivity contribution in [3.05, 3.63) is 6.04 Å². The van der Waals surface area contributed by atoms with E-state index < -0.39 is 0 Å². The Morgan fingerprint density at radius 3 is 2.00 bits per heavy atom. The van der Waals surface area contributed by atoms with Crippen molar-refractivity contribution in [2.45, 2.75) is 27.2 Å². The fourth-order valence-corrected chi connectivity index (χ4v) is 0.408. The molecular formula is C6H14N-. The van der Waals surface area contributed by atoms with Crippen LogP contribution >= 0.6 is 0 Å². The predicted octanol–water partition coefficient (Wildman–Crippen LogP) is 1.54. The summed E-state index contributed by atoms with van der Waals surface area (Å²) in [5.41, 5.74) is 5.53. The van der Waals surface area contributed by atoms with E-state index in [-0.39, 0.29) is 0 Å². The van der Waals surface area contributed by atoms with Crippen LogP contribution in [-0.2, 0) is 0 Å². The molecule has 0 fully saturated rings. The lowest BCUT2D eigenvalue weighted by atomic mass is 10.0. The van der Waals surface area contributed by atoms with Gasteiger partial charge in [-0.2, -0.15) is 12.3 Å². The van der Waals surface area contributed by atoms with Gasteiger partial charge in [0.1, 0.15) is 0 Å². The Morgan fingerprint density at radius 1 is 1.57 bits per heavy atom. The van der Waals surface area contributed by atoms with Crippen molar-refractivity contribution >= 4 is 0 Å². The molecule has 0 saturated heterocycles. The van der Waals surface area contributed by atoms with Gasteiger partial charge in [-0.05, 0) is 0 Å². The molecule has 0 aliphatic rings. The quantitative estimate of drug-likeness (QED) is 0.523. The van der Waals surface area contributed by atoms with E-state index in [4.69, 9.17) is 5.73 Å². The zero-order valence-electron chi connectivity index (χ0n) is 5.36. The largest absolute Gasteiger partial charge is 0.480 e. The minimum atomic E-state index is 0.560. The molecule has 0 bridgehead atoms. The van der Waals surface area contributed by atoms with Crippen LogP contribution in [0.1, 0.15) is 27.2 Å². The Labute approximate surface area is 45.9 Å². The summed E-state index contributed by atoms with van der Waals surface area (Å²) in [6, 6.07) is 1.10. The van der Waals surface area contributed by atoms with Gasteiger partial charge in [-0.3, -0.25) is 6.04 Å². The summed E-state index contributed by atoms with van der Waals surface area (Å²) in [4.78, 5) is 0.